The van der Waals surface area contributed by atoms with Gasteiger partial charge in [0.1, 0.15) is 73.2 Å². The largest absolute Gasteiger partial charge is 0.394 e. The van der Waals surface area contributed by atoms with Crippen molar-refractivity contribution in [3.63, 3.8) is 0 Å². The van der Waals surface area contributed by atoms with Crippen molar-refractivity contribution in [1.82, 2.24) is 5.32 Å². The molecule has 3 aliphatic heterocycles. The van der Waals surface area contributed by atoms with Crippen molar-refractivity contribution in [3.8, 4) is 0 Å². The molecule has 0 aromatic rings. The lowest BCUT2D eigenvalue weighted by atomic mass is 9.96. The van der Waals surface area contributed by atoms with Crippen LogP contribution in [-0.4, -0.2) is 193 Å². The van der Waals surface area contributed by atoms with E-state index in [9.17, 15) is 61.0 Å². The van der Waals surface area contributed by atoms with Gasteiger partial charge in [-0.25, -0.2) is 0 Å². The quantitative estimate of drug-likeness (QED) is 0.0265. The van der Waals surface area contributed by atoms with Crippen LogP contribution in [0.2, 0.25) is 0 Å². The molecule has 3 rings (SSSR count). The highest BCUT2D eigenvalue weighted by Crippen LogP contribution is 2.33. The van der Waals surface area contributed by atoms with Gasteiger partial charge in [0.05, 0.1) is 38.6 Å². The van der Waals surface area contributed by atoms with Crippen LogP contribution >= 0.6 is 0 Å². The van der Waals surface area contributed by atoms with E-state index in [1.807, 2.05) is 6.08 Å². The number of unbranched alkanes of at least 4 members (excludes halogenated alkanes) is 22. The first-order valence-electron chi connectivity index (χ1n) is 30.4. The Hall–Kier alpha value is -2.25. The van der Waals surface area contributed by atoms with Crippen LogP contribution in [0.5, 0.6) is 0 Å². The molecule has 17 atom stereocenters. The highest BCUT2D eigenvalue weighted by Gasteiger charge is 2.53. The van der Waals surface area contributed by atoms with Crippen LogP contribution in [0.4, 0.5) is 0 Å². The molecular formula is C60H107NO18. The van der Waals surface area contributed by atoms with Gasteiger partial charge in [-0.15, -0.1) is 0 Å². The minimum Gasteiger partial charge on any atom is -0.394 e. The van der Waals surface area contributed by atoms with Crippen LogP contribution in [-0.2, 0) is 33.2 Å². The summed E-state index contributed by atoms with van der Waals surface area (Å²) in [6.45, 7) is 1.62. The smallest absolute Gasteiger partial charge is 0.220 e. The first kappa shape index (κ1) is 71.0. The summed E-state index contributed by atoms with van der Waals surface area (Å²) < 4.78 is 34.1. The summed E-state index contributed by atoms with van der Waals surface area (Å²) in [7, 11) is 0. The molecular weight excluding hydrogens is 1020 g/mol. The van der Waals surface area contributed by atoms with Crippen molar-refractivity contribution in [3.05, 3.63) is 48.6 Å². The lowest BCUT2D eigenvalue weighted by Crippen LogP contribution is -2.66. The monoisotopic (exact) mass is 1130 g/mol. The molecule has 19 nitrogen and oxygen atoms in total. The van der Waals surface area contributed by atoms with Crippen LogP contribution in [0.1, 0.15) is 194 Å². The molecule has 0 spiro atoms. The fraction of sp³-hybridized carbons (Fsp3) is 0.850. The molecule has 17 unspecified atom stereocenters. The zero-order chi connectivity index (χ0) is 57.6. The Morgan fingerprint density at radius 3 is 1.30 bits per heavy atom. The van der Waals surface area contributed by atoms with E-state index in [4.69, 9.17) is 28.4 Å². The number of nitrogens with one attached hydrogen (secondary N) is 1. The third-order valence-corrected chi connectivity index (χ3v) is 15.1. The summed E-state index contributed by atoms with van der Waals surface area (Å²) in [6, 6.07) is -0.971. The topological polar surface area (TPSA) is 307 Å². The molecule has 3 aliphatic rings. The molecule has 3 saturated heterocycles. The normalized spacial score (nSPS) is 30.6. The lowest BCUT2D eigenvalue weighted by molar-refractivity contribution is -0.379. The summed E-state index contributed by atoms with van der Waals surface area (Å²) in [4.78, 5) is 13.3. The van der Waals surface area contributed by atoms with Crippen LogP contribution in [0.3, 0.4) is 0 Å². The molecule has 3 heterocycles. The Morgan fingerprint density at radius 1 is 0.456 bits per heavy atom. The second-order valence-corrected chi connectivity index (χ2v) is 21.8. The van der Waals surface area contributed by atoms with Gasteiger partial charge in [-0.05, 0) is 57.8 Å². The van der Waals surface area contributed by atoms with E-state index in [1.165, 1.54) is 89.9 Å². The minimum absolute atomic E-state index is 0.239. The fourth-order valence-corrected chi connectivity index (χ4v) is 10.1. The molecule has 3 fully saturated rings. The predicted molar refractivity (Wildman–Crippen MR) is 300 cm³/mol. The maximum atomic E-state index is 13.3. The van der Waals surface area contributed by atoms with E-state index >= 15 is 0 Å². The highest BCUT2D eigenvalue weighted by molar-refractivity contribution is 5.76. The standard InChI is InChI=1S/C60H107NO18/c1-3-5-7-9-11-12-13-14-15-16-17-18-19-20-21-22-23-24-25-26-27-28-29-30-32-34-36-38-48(66)61-43(44(65)37-35-33-31-10-8-6-4-2)42-74-58-54(72)51(69)56(46(40-63)76-58)79-60-55(73)52(70)57(47(41-64)77-60)78-59-53(71)50(68)49(67)45(39-62)75-59/h13-14,16-17,19-20,35,37,43-47,49-60,62-65,67-73H,3-12,15,18,21-34,36,38-42H2,1-2H3,(H,61,66)/b14-13-,17-16-,20-19-,37-35+. The predicted octanol–water partition coefficient (Wildman–Crippen LogP) is 5.48. The minimum atomic E-state index is -1.98. The molecule has 19 heteroatoms. The lowest BCUT2D eigenvalue weighted by Gasteiger charge is -2.48. The van der Waals surface area contributed by atoms with Crippen LogP contribution in [0.25, 0.3) is 0 Å². The summed E-state index contributed by atoms with van der Waals surface area (Å²) in [6.07, 6.45) is 21.4. The van der Waals surface area contributed by atoms with E-state index in [0.29, 0.717) is 6.42 Å². The van der Waals surface area contributed by atoms with Crippen molar-refractivity contribution >= 4 is 5.91 Å². The van der Waals surface area contributed by atoms with Crippen molar-refractivity contribution in [2.24, 2.45) is 0 Å². The van der Waals surface area contributed by atoms with Crippen molar-refractivity contribution in [2.75, 3.05) is 26.4 Å². The van der Waals surface area contributed by atoms with Crippen molar-refractivity contribution in [1.29, 1.82) is 0 Å². The zero-order valence-electron chi connectivity index (χ0n) is 47.8. The average Bonchev–Trinajstić information content (AvgIpc) is 3.47. The summed E-state index contributed by atoms with van der Waals surface area (Å²) in [5.74, 6) is -0.284. The molecule has 0 radical (unpaired) electrons. The van der Waals surface area contributed by atoms with E-state index in [0.717, 1.165) is 77.0 Å². The molecule has 79 heavy (non-hydrogen) atoms. The number of carbonyl (C=O) groups excluding carboxylic acids is 1. The summed E-state index contributed by atoms with van der Waals surface area (Å²) >= 11 is 0. The van der Waals surface area contributed by atoms with Gasteiger partial charge in [0.25, 0.3) is 0 Å². The van der Waals surface area contributed by atoms with E-state index in [2.05, 4.69) is 55.6 Å². The van der Waals surface area contributed by atoms with Crippen molar-refractivity contribution in [2.45, 2.75) is 298 Å². The van der Waals surface area contributed by atoms with Gasteiger partial charge in [0.2, 0.25) is 5.91 Å². The number of carbonyl (C=O) groups is 1. The highest BCUT2D eigenvalue weighted by atomic mass is 16.8. The molecule has 460 valence electrons. The number of aliphatic hydroxyl groups excluding tert-OH is 11. The first-order valence-corrected chi connectivity index (χ1v) is 30.4. The van der Waals surface area contributed by atoms with Crippen LogP contribution in [0.15, 0.2) is 48.6 Å². The van der Waals surface area contributed by atoms with Gasteiger partial charge in [0, 0.05) is 6.42 Å². The van der Waals surface area contributed by atoms with Gasteiger partial charge >= 0.3 is 0 Å². The summed E-state index contributed by atoms with van der Waals surface area (Å²) in [5, 5.41) is 120. The Morgan fingerprint density at radius 2 is 0.835 bits per heavy atom. The number of rotatable bonds is 44. The number of hydrogen-bond donors (Lipinski definition) is 12. The summed E-state index contributed by atoms with van der Waals surface area (Å²) in [5.41, 5.74) is 0. The van der Waals surface area contributed by atoms with Crippen LogP contribution in [0, 0.1) is 0 Å². The van der Waals surface area contributed by atoms with Gasteiger partial charge < -0.3 is 89.9 Å². The second-order valence-electron chi connectivity index (χ2n) is 21.8. The number of hydrogen-bond acceptors (Lipinski definition) is 18. The van der Waals surface area contributed by atoms with Gasteiger partial charge in [-0.1, -0.05) is 178 Å². The number of allylic oxidation sites excluding steroid dienone is 7. The van der Waals surface area contributed by atoms with Crippen LogP contribution < -0.4 is 5.32 Å². The Kier molecular flexibility index (Phi) is 39.0. The molecule has 0 saturated carbocycles. The molecule has 0 aromatic heterocycles. The van der Waals surface area contributed by atoms with Gasteiger partial charge in [-0.2, -0.15) is 0 Å². The molecule has 0 aliphatic carbocycles. The molecule has 1 amide bonds. The average molecular weight is 1130 g/mol. The first-order chi connectivity index (χ1) is 38.3. The van der Waals surface area contributed by atoms with E-state index in [-0.39, 0.29) is 18.9 Å². The van der Waals surface area contributed by atoms with E-state index in [1.54, 1.807) is 6.08 Å². The maximum absolute atomic E-state index is 13.3. The second kappa shape index (κ2) is 43.4. The SMILES string of the molecule is CCCCCCC/C=C\C/C=C\C/C=C\CCCCCCCCCCCCCCC(=O)NC(COC1OC(CO)C(OC2OC(CO)C(OC3OC(CO)C(O)C(O)C3O)C(O)C2O)C(O)C1O)C(O)/C=C/CCCCCCC. The van der Waals surface area contributed by atoms with Gasteiger partial charge in [-0.3, -0.25) is 4.79 Å². The Bertz CT molecular complexity index is 1630. The number of amides is 1. The van der Waals surface area contributed by atoms with Gasteiger partial charge in [0.15, 0.2) is 18.9 Å². The maximum Gasteiger partial charge on any atom is 0.220 e. The molecule has 0 bridgehead atoms. The number of ether oxygens (including phenoxy) is 6. The van der Waals surface area contributed by atoms with Crippen molar-refractivity contribution < 1.29 is 89.4 Å². The third-order valence-electron chi connectivity index (χ3n) is 15.1. The molecule has 0 aromatic carbocycles. The third kappa shape index (κ3) is 27.3. The Balaban J connectivity index is 1.38. The van der Waals surface area contributed by atoms with E-state index < -0.39 is 124 Å². The molecule has 12 N–H and O–H groups in total. The zero-order valence-corrected chi connectivity index (χ0v) is 47.8. The number of aliphatic hydroxyl groups is 11. The fourth-order valence-electron chi connectivity index (χ4n) is 10.1. The Labute approximate surface area is 472 Å².